The van der Waals surface area contributed by atoms with Crippen molar-refractivity contribution in [3.8, 4) is 0 Å². The topological polar surface area (TPSA) is 85.5 Å². The van der Waals surface area contributed by atoms with Crippen molar-refractivity contribution in [1.82, 2.24) is 9.47 Å². The molecule has 5 aromatic rings. The number of benzene rings is 4. The molecular formula is C30H21N3O4S. The third-order valence-corrected chi connectivity index (χ3v) is 7.57. The molecule has 1 aromatic heterocycles. The van der Waals surface area contributed by atoms with Crippen LogP contribution in [0, 0.1) is 10.1 Å². The summed E-state index contributed by atoms with van der Waals surface area (Å²) in [5.41, 5.74) is 3.49. The van der Waals surface area contributed by atoms with Crippen LogP contribution in [0.1, 0.15) is 16.7 Å². The fraction of sp³-hybridized carbons (Fsp3) is 0.0667. The highest BCUT2D eigenvalue weighted by Crippen LogP contribution is 2.36. The fourth-order valence-corrected chi connectivity index (χ4v) is 5.69. The first kappa shape index (κ1) is 23.7. The lowest BCUT2D eigenvalue weighted by atomic mass is 10.0. The molecule has 0 radical (unpaired) electrons. The van der Waals surface area contributed by atoms with Gasteiger partial charge in [0.15, 0.2) is 0 Å². The predicted molar refractivity (Wildman–Crippen MR) is 150 cm³/mol. The Bertz CT molecular complexity index is 1780. The van der Waals surface area contributed by atoms with E-state index in [1.807, 2.05) is 83.6 Å². The van der Waals surface area contributed by atoms with E-state index in [0.29, 0.717) is 11.4 Å². The number of nitrogens with zero attached hydrogens (tertiary/aromatic N) is 3. The zero-order valence-corrected chi connectivity index (χ0v) is 20.9. The third-order valence-electron chi connectivity index (χ3n) is 6.66. The summed E-state index contributed by atoms with van der Waals surface area (Å²) < 4.78 is 2.00. The van der Waals surface area contributed by atoms with Crippen molar-refractivity contribution in [2.75, 3.05) is 0 Å². The molecule has 1 aliphatic heterocycles. The normalized spacial score (nSPS) is 14.7. The number of carbonyl (C=O) groups excluding carboxylic acids is 2. The summed E-state index contributed by atoms with van der Waals surface area (Å²) in [7, 11) is 0. The Balaban J connectivity index is 1.32. The van der Waals surface area contributed by atoms with Gasteiger partial charge in [0.05, 0.1) is 16.4 Å². The van der Waals surface area contributed by atoms with E-state index in [0.717, 1.165) is 50.1 Å². The van der Waals surface area contributed by atoms with Crippen molar-refractivity contribution in [1.29, 1.82) is 0 Å². The molecular weight excluding hydrogens is 498 g/mol. The van der Waals surface area contributed by atoms with E-state index in [1.165, 1.54) is 11.0 Å². The van der Waals surface area contributed by atoms with Crippen LogP contribution in [0.3, 0.4) is 0 Å². The lowest BCUT2D eigenvalue weighted by Gasteiger charge is -2.14. The number of nitro groups is 1. The van der Waals surface area contributed by atoms with Crippen LogP contribution in [0.2, 0.25) is 0 Å². The fourth-order valence-electron chi connectivity index (χ4n) is 4.86. The number of non-ortho nitro benzene ring substituents is 1. The van der Waals surface area contributed by atoms with Crippen LogP contribution >= 0.6 is 11.8 Å². The molecule has 7 nitrogen and oxygen atoms in total. The minimum atomic E-state index is -0.406. The van der Waals surface area contributed by atoms with Crippen molar-refractivity contribution in [3.05, 3.63) is 129 Å². The average Bonchev–Trinajstić information content (AvgIpc) is 3.40. The van der Waals surface area contributed by atoms with Crippen LogP contribution < -0.4 is 0 Å². The van der Waals surface area contributed by atoms with Gasteiger partial charge in [-0.15, -0.1) is 0 Å². The van der Waals surface area contributed by atoms with Crippen LogP contribution in [-0.2, 0) is 17.9 Å². The van der Waals surface area contributed by atoms with Crippen molar-refractivity contribution in [3.63, 3.8) is 0 Å². The number of imide groups is 1. The van der Waals surface area contributed by atoms with Crippen molar-refractivity contribution in [2.45, 2.75) is 13.1 Å². The quantitative estimate of drug-likeness (QED) is 0.137. The van der Waals surface area contributed by atoms with Crippen LogP contribution in [0.25, 0.3) is 27.8 Å². The van der Waals surface area contributed by atoms with Crippen LogP contribution in [0.5, 0.6) is 0 Å². The molecule has 186 valence electrons. The molecule has 4 aromatic carbocycles. The lowest BCUT2D eigenvalue weighted by Crippen LogP contribution is -2.27. The van der Waals surface area contributed by atoms with Crippen molar-refractivity contribution in [2.24, 2.45) is 0 Å². The number of hydrogen-bond donors (Lipinski definition) is 0. The van der Waals surface area contributed by atoms with E-state index < -0.39 is 4.92 Å². The molecule has 1 saturated heterocycles. The first-order valence-electron chi connectivity index (χ1n) is 12.0. The number of carbonyl (C=O) groups is 2. The zero-order chi connectivity index (χ0) is 26.2. The number of hydrogen-bond acceptors (Lipinski definition) is 5. The Labute approximate surface area is 222 Å². The minimum Gasteiger partial charge on any atom is -0.342 e. The summed E-state index contributed by atoms with van der Waals surface area (Å²) in [6.45, 7) is 0.635. The smallest absolute Gasteiger partial charge is 0.293 e. The largest absolute Gasteiger partial charge is 0.342 e. The van der Waals surface area contributed by atoms with Crippen molar-refractivity contribution >= 4 is 56.3 Å². The highest BCUT2D eigenvalue weighted by atomic mass is 32.2. The minimum absolute atomic E-state index is 0.0408. The van der Waals surface area contributed by atoms with Gasteiger partial charge >= 0.3 is 0 Å². The first-order chi connectivity index (χ1) is 18.5. The van der Waals surface area contributed by atoms with Gasteiger partial charge in [0.2, 0.25) is 0 Å². The second kappa shape index (κ2) is 9.64. The summed E-state index contributed by atoms with van der Waals surface area (Å²) in [6.07, 6.45) is 3.68. The molecule has 0 atom stereocenters. The molecule has 0 bridgehead atoms. The van der Waals surface area contributed by atoms with Gasteiger partial charge in [-0.3, -0.25) is 24.6 Å². The number of para-hydroxylation sites is 1. The number of amides is 2. The summed E-state index contributed by atoms with van der Waals surface area (Å²) in [6, 6.07) is 28.1. The number of fused-ring (bicyclic) bond motifs is 2. The molecule has 0 unspecified atom stereocenters. The van der Waals surface area contributed by atoms with Gasteiger partial charge in [-0.1, -0.05) is 72.8 Å². The average molecular weight is 520 g/mol. The molecule has 2 amide bonds. The zero-order valence-electron chi connectivity index (χ0n) is 20.1. The lowest BCUT2D eigenvalue weighted by molar-refractivity contribution is -0.384. The van der Waals surface area contributed by atoms with E-state index in [9.17, 15) is 19.7 Å². The maximum Gasteiger partial charge on any atom is 0.293 e. The molecule has 0 saturated carbocycles. The van der Waals surface area contributed by atoms with Gasteiger partial charge in [-0.05, 0) is 45.8 Å². The Hall–Kier alpha value is -4.69. The second-order valence-corrected chi connectivity index (χ2v) is 10.1. The Morgan fingerprint density at radius 1 is 0.842 bits per heavy atom. The first-order valence-corrected chi connectivity index (χ1v) is 12.8. The maximum absolute atomic E-state index is 13.3. The molecule has 0 N–H and O–H groups in total. The van der Waals surface area contributed by atoms with E-state index in [1.54, 1.807) is 18.2 Å². The Morgan fingerprint density at radius 3 is 2.42 bits per heavy atom. The summed E-state index contributed by atoms with van der Waals surface area (Å²) in [4.78, 5) is 38.7. The number of aromatic nitrogens is 1. The monoisotopic (exact) mass is 519 g/mol. The highest BCUT2D eigenvalue weighted by Gasteiger charge is 2.35. The molecule has 0 aliphatic carbocycles. The molecule has 1 aliphatic rings. The SMILES string of the molecule is O=C1S/C(=C/c2cn(Cc3cccc([N+](=O)[O-])c3)c3ccccc23)C(=O)N1Cc1cccc2ccccc12. The number of nitro benzene ring substituents is 1. The van der Waals surface area contributed by atoms with E-state index in [4.69, 9.17) is 0 Å². The number of rotatable bonds is 6. The van der Waals surface area contributed by atoms with Crippen LogP contribution in [-0.4, -0.2) is 25.5 Å². The molecule has 2 heterocycles. The van der Waals surface area contributed by atoms with Gasteiger partial charge in [0.1, 0.15) is 0 Å². The van der Waals surface area contributed by atoms with Gasteiger partial charge in [0, 0.05) is 41.3 Å². The number of thioether (sulfide) groups is 1. The highest BCUT2D eigenvalue weighted by molar-refractivity contribution is 8.18. The maximum atomic E-state index is 13.3. The summed E-state index contributed by atoms with van der Waals surface area (Å²) in [5, 5.41) is 13.9. The van der Waals surface area contributed by atoms with Crippen LogP contribution in [0.15, 0.2) is 102 Å². The molecule has 6 rings (SSSR count). The summed E-state index contributed by atoms with van der Waals surface area (Å²) >= 11 is 0.943. The molecule has 0 spiro atoms. The van der Waals surface area contributed by atoms with E-state index in [2.05, 4.69) is 0 Å². The molecule has 38 heavy (non-hydrogen) atoms. The van der Waals surface area contributed by atoms with E-state index >= 15 is 0 Å². The second-order valence-electron chi connectivity index (χ2n) is 9.06. The Morgan fingerprint density at radius 2 is 1.58 bits per heavy atom. The van der Waals surface area contributed by atoms with Gasteiger partial charge in [-0.25, -0.2) is 0 Å². The van der Waals surface area contributed by atoms with Gasteiger partial charge in [-0.2, -0.15) is 0 Å². The predicted octanol–water partition coefficient (Wildman–Crippen LogP) is 6.99. The van der Waals surface area contributed by atoms with Crippen LogP contribution in [0.4, 0.5) is 10.5 Å². The standard InChI is InChI=1S/C30H21N3O4S/c34-29-28(38-30(35)32(29)19-22-10-6-9-21-8-1-2-12-25(21)22)16-23-18-31(27-14-4-3-13-26(23)27)17-20-7-5-11-24(15-20)33(36)37/h1-16,18H,17,19H2/b28-16+. The Kier molecular flexibility index (Phi) is 6.01. The third kappa shape index (κ3) is 4.35. The molecule has 8 heteroatoms. The van der Waals surface area contributed by atoms with Crippen molar-refractivity contribution < 1.29 is 14.5 Å². The van der Waals surface area contributed by atoms with E-state index in [-0.39, 0.29) is 23.4 Å². The summed E-state index contributed by atoms with van der Waals surface area (Å²) in [5.74, 6) is -0.316. The van der Waals surface area contributed by atoms with Gasteiger partial charge in [0.25, 0.3) is 16.8 Å². The van der Waals surface area contributed by atoms with Gasteiger partial charge < -0.3 is 4.57 Å². The molecule has 1 fully saturated rings.